The van der Waals surface area contributed by atoms with Crippen LogP contribution in [0.25, 0.3) is 0 Å². The monoisotopic (exact) mass is 318 g/mol. The maximum absolute atomic E-state index is 11.5. The number of benzene rings is 1. The number of carbonyl (C=O) groups is 1. The molecule has 0 amide bonds. The summed E-state index contributed by atoms with van der Waals surface area (Å²) in [4.78, 5) is 15.8. The summed E-state index contributed by atoms with van der Waals surface area (Å²) in [5, 5.41) is 13.1. The lowest BCUT2D eigenvalue weighted by molar-refractivity contribution is -0.139. The molecule has 1 aromatic carbocycles. The van der Waals surface area contributed by atoms with Crippen LogP contribution in [0.15, 0.2) is 36.4 Å². The SMILES string of the molecule is Cc1cc(CNC(Cc2ccccc2Cl)C(=O)O)cc(C)n1. The molecule has 1 heterocycles. The first kappa shape index (κ1) is 16.5. The van der Waals surface area contributed by atoms with E-state index >= 15 is 0 Å². The molecule has 0 spiro atoms. The molecule has 22 heavy (non-hydrogen) atoms. The van der Waals surface area contributed by atoms with Crippen molar-refractivity contribution in [3.05, 3.63) is 63.9 Å². The van der Waals surface area contributed by atoms with Crippen LogP contribution in [0.3, 0.4) is 0 Å². The van der Waals surface area contributed by atoms with Gasteiger partial charge in [0.2, 0.25) is 0 Å². The number of nitrogens with one attached hydrogen (secondary N) is 1. The van der Waals surface area contributed by atoms with E-state index in [4.69, 9.17) is 11.6 Å². The van der Waals surface area contributed by atoms with E-state index in [0.717, 1.165) is 22.5 Å². The van der Waals surface area contributed by atoms with Crippen molar-refractivity contribution < 1.29 is 9.90 Å². The normalized spacial score (nSPS) is 12.1. The van der Waals surface area contributed by atoms with Crippen LogP contribution in [-0.2, 0) is 17.8 Å². The highest BCUT2D eigenvalue weighted by atomic mass is 35.5. The van der Waals surface area contributed by atoms with Gasteiger partial charge in [-0.05, 0) is 49.6 Å². The third-order valence-electron chi connectivity index (χ3n) is 3.37. The van der Waals surface area contributed by atoms with E-state index in [0.29, 0.717) is 18.0 Å². The summed E-state index contributed by atoms with van der Waals surface area (Å²) in [6.45, 7) is 4.33. The first-order valence-electron chi connectivity index (χ1n) is 7.09. The summed E-state index contributed by atoms with van der Waals surface area (Å²) in [5.74, 6) is -0.887. The van der Waals surface area contributed by atoms with Gasteiger partial charge >= 0.3 is 5.97 Å². The van der Waals surface area contributed by atoms with Crippen LogP contribution in [0.4, 0.5) is 0 Å². The van der Waals surface area contributed by atoms with Crippen LogP contribution in [0, 0.1) is 13.8 Å². The fraction of sp³-hybridized carbons (Fsp3) is 0.294. The quantitative estimate of drug-likeness (QED) is 0.859. The van der Waals surface area contributed by atoms with Crippen LogP contribution in [0.1, 0.15) is 22.5 Å². The Hall–Kier alpha value is -1.91. The van der Waals surface area contributed by atoms with Gasteiger partial charge in [0.25, 0.3) is 0 Å². The molecular formula is C17H19ClN2O2. The van der Waals surface area contributed by atoms with Crippen molar-refractivity contribution in [1.82, 2.24) is 10.3 Å². The average molecular weight is 319 g/mol. The van der Waals surface area contributed by atoms with Crippen molar-refractivity contribution in [3.63, 3.8) is 0 Å². The number of carboxylic acids is 1. The fourth-order valence-electron chi connectivity index (χ4n) is 2.39. The number of hydrogen-bond acceptors (Lipinski definition) is 3. The molecule has 0 saturated carbocycles. The van der Waals surface area contributed by atoms with Crippen molar-refractivity contribution in [3.8, 4) is 0 Å². The van der Waals surface area contributed by atoms with Gasteiger partial charge in [0.05, 0.1) is 0 Å². The van der Waals surface area contributed by atoms with Gasteiger partial charge < -0.3 is 10.4 Å². The van der Waals surface area contributed by atoms with Crippen molar-refractivity contribution >= 4 is 17.6 Å². The van der Waals surface area contributed by atoms with E-state index in [-0.39, 0.29) is 0 Å². The third kappa shape index (κ3) is 4.55. The summed E-state index contributed by atoms with van der Waals surface area (Å²) in [6, 6.07) is 10.5. The Morgan fingerprint density at radius 2 is 1.91 bits per heavy atom. The lowest BCUT2D eigenvalue weighted by Gasteiger charge is -2.16. The van der Waals surface area contributed by atoms with Crippen molar-refractivity contribution in [2.45, 2.75) is 32.9 Å². The van der Waals surface area contributed by atoms with E-state index in [1.165, 1.54) is 0 Å². The summed E-state index contributed by atoms with van der Waals surface area (Å²) >= 11 is 6.10. The molecule has 0 bridgehead atoms. The molecule has 1 aromatic heterocycles. The van der Waals surface area contributed by atoms with Gasteiger partial charge in [-0.2, -0.15) is 0 Å². The van der Waals surface area contributed by atoms with Gasteiger partial charge in [-0.15, -0.1) is 0 Å². The topological polar surface area (TPSA) is 62.2 Å². The van der Waals surface area contributed by atoms with Crippen LogP contribution in [0.5, 0.6) is 0 Å². The Morgan fingerprint density at radius 3 is 2.50 bits per heavy atom. The molecule has 2 N–H and O–H groups in total. The Morgan fingerprint density at radius 1 is 1.27 bits per heavy atom. The highest BCUT2D eigenvalue weighted by molar-refractivity contribution is 6.31. The molecule has 116 valence electrons. The lowest BCUT2D eigenvalue weighted by atomic mass is 10.1. The van der Waals surface area contributed by atoms with Crippen LogP contribution >= 0.6 is 11.6 Å². The maximum Gasteiger partial charge on any atom is 0.321 e. The number of aromatic nitrogens is 1. The highest BCUT2D eigenvalue weighted by Crippen LogP contribution is 2.17. The predicted molar refractivity (Wildman–Crippen MR) is 87.1 cm³/mol. The second kappa shape index (κ2) is 7.38. The second-order valence-electron chi connectivity index (χ2n) is 5.33. The number of nitrogens with zero attached hydrogens (tertiary/aromatic N) is 1. The molecule has 2 rings (SSSR count). The number of halogens is 1. The van der Waals surface area contributed by atoms with E-state index in [1.807, 2.05) is 44.2 Å². The predicted octanol–water partition coefficient (Wildman–Crippen LogP) is 3.14. The van der Waals surface area contributed by atoms with Gasteiger partial charge in [-0.3, -0.25) is 9.78 Å². The van der Waals surface area contributed by atoms with Crippen molar-refractivity contribution in [2.75, 3.05) is 0 Å². The first-order valence-corrected chi connectivity index (χ1v) is 7.47. The number of pyridine rings is 1. The molecule has 1 atom stereocenters. The molecule has 0 saturated heterocycles. The van der Waals surface area contributed by atoms with E-state index in [9.17, 15) is 9.90 Å². The molecule has 0 fully saturated rings. The Bertz CT molecular complexity index is 653. The Labute approximate surface area is 135 Å². The van der Waals surface area contributed by atoms with Crippen LogP contribution < -0.4 is 5.32 Å². The summed E-state index contributed by atoms with van der Waals surface area (Å²) in [5.41, 5.74) is 3.70. The van der Waals surface area contributed by atoms with E-state index in [1.54, 1.807) is 6.07 Å². The lowest BCUT2D eigenvalue weighted by Crippen LogP contribution is -2.38. The van der Waals surface area contributed by atoms with Crippen LogP contribution in [0.2, 0.25) is 5.02 Å². The van der Waals surface area contributed by atoms with Gasteiger partial charge in [-0.1, -0.05) is 29.8 Å². The van der Waals surface area contributed by atoms with Crippen molar-refractivity contribution in [2.24, 2.45) is 0 Å². The van der Waals surface area contributed by atoms with Gasteiger partial charge in [-0.25, -0.2) is 0 Å². The largest absolute Gasteiger partial charge is 0.480 e. The Kier molecular flexibility index (Phi) is 5.52. The second-order valence-corrected chi connectivity index (χ2v) is 5.73. The molecule has 2 aromatic rings. The van der Waals surface area contributed by atoms with E-state index < -0.39 is 12.0 Å². The highest BCUT2D eigenvalue weighted by Gasteiger charge is 2.18. The molecule has 1 unspecified atom stereocenters. The summed E-state index contributed by atoms with van der Waals surface area (Å²) < 4.78 is 0. The standard InChI is InChI=1S/C17H19ClN2O2/c1-11-7-13(8-12(2)20-11)10-19-16(17(21)22)9-14-5-3-4-6-15(14)18/h3-8,16,19H,9-10H2,1-2H3,(H,21,22). The molecular weight excluding hydrogens is 300 g/mol. The van der Waals surface area contributed by atoms with Crippen molar-refractivity contribution in [1.29, 1.82) is 0 Å². The van der Waals surface area contributed by atoms with Crippen LogP contribution in [-0.4, -0.2) is 22.1 Å². The molecule has 0 aliphatic rings. The number of aryl methyl sites for hydroxylation is 2. The number of rotatable bonds is 6. The third-order valence-corrected chi connectivity index (χ3v) is 3.74. The van der Waals surface area contributed by atoms with Gasteiger partial charge in [0.1, 0.15) is 6.04 Å². The summed E-state index contributed by atoms with van der Waals surface area (Å²) in [6.07, 6.45) is 0.345. The molecule has 4 nitrogen and oxygen atoms in total. The minimum atomic E-state index is -0.887. The van der Waals surface area contributed by atoms with Gasteiger partial charge in [0, 0.05) is 23.0 Å². The van der Waals surface area contributed by atoms with Gasteiger partial charge in [0.15, 0.2) is 0 Å². The minimum absolute atomic E-state index is 0.345. The smallest absolute Gasteiger partial charge is 0.321 e. The zero-order chi connectivity index (χ0) is 16.1. The zero-order valence-electron chi connectivity index (χ0n) is 12.6. The molecule has 0 aliphatic heterocycles. The number of hydrogen-bond donors (Lipinski definition) is 2. The average Bonchev–Trinajstić information content (AvgIpc) is 2.44. The maximum atomic E-state index is 11.5. The van der Waals surface area contributed by atoms with E-state index in [2.05, 4.69) is 10.3 Å². The first-order chi connectivity index (χ1) is 10.5. The molecule has 0 radical (unpaired) electrons. The fourth-order valence-corrected chi connectivity index (χ4v) is 2.61. The number of carboxylic acid groups (broad SMARTS) is 1. The minimum Gasteiger partial charge on any atom is -0.480 e. The molecule has 0 aliphatic carbocycles. The summed E-state index contributed by atoms with van der Waals surface area (Å²) in [7, 11) is 0. The zero-order valence-corrected chi connectivity index (χ0v) is 13.4. The number of aliphatic carboxylic acids is 1. The molecule has 5 heteroatoms. The Balaban J connectivity index is 2.06.